The highest BCUT2D eigenvalue weighted by Crippen LogP contribution is 2.46. The molecular formula is C36H52N6O3S. The fourth-order valence-corrected chi connectivity index (χ4v) is 8.52. The minimum atomic E-state index is -0.391. The van der Waals surface area contributed by atoms with Gasteiger partial charge in [-0.2, -0.15) is 0 Å². The second-order valence-electron chi connectivity index (χ2n) is 14.6. The Balaban J connectivity index is 0.00000433. The summed E-state index contributed by atoms with van der Waals surface area (Å²) in [6.07, 6.45) is 3.44. The molecule has 4 aliphatic heterocycles. The molecule has 9 nitrogen and oxygen atoms in total. The average Bonchev–Trinajstić information content (AvgIpc) is 3.24. The molecule has 2 aromatic rings. The van der Waals surface area contributed by atoms with Crippen LogP contribution in [-0.4, -0.2) is 108 Å². The third-order valence-corrected chi connectivity index (χ3v) is 11.5. The first-order chi connectivity index (χ1) is 22.1. The van der Waals surface area contributed by atoms with Gasteiger partial charge in [0.2, 0.25) is 11.8 Å². The van der Waals surface area contributed by atoms with Gasteiger partial charge in [0.25, 0.3) is 0 Å². The molecule has 0 saturated carbocycles. The van der Waals surface area contributed by atoms with Crippen LogP contribution >= 0.6 is 11.8 Å². The van der Waals surface area contributed by atoms with E-state index in [9.17, 15) is 14.4 Å². The van der Waals surface area contributed by atoms with Crippen molar-refractivity contribution in [3.63, 3.8) is 0 Å². The maximum Gasteiger partial charge on any atom is 0.322 e. The molecule has 2 unspecified atom stereocenters. The average molecular weight is 649 g/mol. The number of hydrogen-bond acceptors (Lipinski definition) is 6. The molecule has 0 spiro atoms. The summed E-state index contributed by atoms with van der Waals surface area (Å²) in [5, 5.41) is 2.59. The Hall–Kier alpha value is -3.24. The van der Waals surface area contributed by atoms with Gasteiger partial charge in [-0.05, 0) is 67.5 Å². The molecule has 46 heavy (non-hydrogen) atoms. The van der Waals surface area contributed by atoms with Crippen LogP contribution in [0.1, 0.15) is 64.4 Å². The number of hydrogen-bond donors (Lipinski definition) is 1. The van der Waals surface area contributed by atoms with Crippen LogP contribution in [0.15, 0.2) is 48.5 Å². The van der Waals surface area contributed by atoms with E-state index in [2.05, 4.69) is 73.3 Å². The molecule has 0 bridgehead atoms. The summed E-state index contributed by atoms with van der Waals surface area (Å²) in [6.45, 7) is 13.3. The molecule has 6 rings (SSSR count). The van der Waals surface area contributed by atoms with E-state index in [4.69, 9.17) is 0 Å². The summed E-state index contributed by atoms with van der Waals surface area (Å²) in [4.78, 5) is 51.3. The molecule has 0 aromatic heterocycles. The van der Waals surface area contributed by atoms with Gasteiger partial charge in [0.15, 0.2) is 0 Å². The molecule has 10 heteroatoms. The number of carbonyl (C=O) groups excluding carboxylic acids is 3. The lowest BCUT2D eigenvalue weighted by atomic mass is 9.92. The monoisotopic (exact) mass is 648 g/mol. The zero-order valence-electron chi connectivity index (χ0n) is 27.9. The molecular weight excluding hydrogens is 597 g/mol. The van der Waals surface area contributed by atoms with E-state index < -0.39 is 5.25 Å². The Morgan fingerprint density at radius 3 is 2.43 bits per heavy atom. The summed E-state index contributed by atoms with van der Waals surface area (Å²) >= 11 is 1.64. The Bertz CT molecular complexity index is 1420. The fourth-order valence-electron chi connectivity index (χ4n) is 7.06. The largest absolute Gasteiger partial charge is 0.369 e. The molecule has 2 atom stereocenters. The number of para-hydroxylation sites is 1. The number of piperazine rings is 1. The number of fused-ring (bicyclic) bond motifs is 1. The standard InChI is InChI=1S/C36H50N6O3S.H2/c1-36(2,3)15-19-42-33(44)31(46-34(42)27-9-7-10-29(24-27)39-22-20-38(4)21-23-39)25-32(43)40-16-13-28(14-17-40)41-18-12-26-8-5-6-11-30(26)37-35(41)45;/h5-11,24,28,31,34H,12-23,25H2,1-4H3,(H,37,45);1H. The van der Waals surface area contributed by atoms with E-state index >= 15 is 0 Å². The SMILES string of the molecule is CN1CCN(c2cccc(C3SC(CC(=O)N4CCC(N5CCc6ccccc6NC5=O)CC4)C(=O)N3CCC(C)(C)C)c2)CC1.[HH]. The number of nitrogens with one attached hydrogen (secondary N) is 1. The second-order valence-corrected chi connectivity index (χ2v) is 15.8. The molecule has 4 amide bonds. The lowest BCUT2D eigenvalue weighted by Gasteiger charge is -2.38. The lowest BCUT2D eigenvalue weighted by Crippen LogP contribution is -2.50. The maximum atomic E-state index is 13.9. The number of carbonyl (C=O) groups is 3. The number of rotatable bonds is 7. The summed E-state index contributed by atoms with van der Waals surface area (Å²) in [5.41, 5.74) is 4.49. The Morgan fingerprint density at radius 2 is 1.70 bits per heavy atom. The van der Waals surface area contributed by atoms with Gasteiger partial charge in [0.1, 0.15) is 5.37 Å². The van der Waals surface area contributed by atoms with E-state index in [-0.39, 0.29) is 42.5 Å². The highest BCUT2D eigenvalue weighted by molar-refractivity contribution is 8.01. The highest BCUT2D eigenvalue weighted by atomic mass is 32.2. The quantitative estimate of drug-likeness (QED) is 0.425. The number of anilines is 2. The van der Waals surface area contributed by atoms with Gasteiger partial charge < -0.3 is 29.8 Å². The Labute approximate surface area is 280 Å². The number of likely N-dealkylation sites (N-methyl/N-ethyl adjacent to an activating group) is 1. The zero-order valence-corrected chi connectivity index (χ0v) is 28.7. The van der Waals surface area contributed by atoms with Crippen molar-refractivity contribution in [1.82, 2.24) is 19.6 Å². The van der Waals surface area contributed by atoms with Crippen molar-refractivity contribution in [2.45, 2.75) is 69.5 Å². The Morgan fingerprint density at radius 1 is 0.957 bits per heavy atom. The fraction of sp³-hybridized carbons (Fsp3) is 0.583. The van der Waals surface area contributed by atoms with Gasteiger partial charge in [-0.1, -0.05) is 51.1 Å². The molecule has 3 fully saturated rings. The predicted molar refractivity (Wildman–Crippen MR) is 188 cm³/mol. The first kappa shape index (κ1) is 32.7. The van der Waals surface area contributed by atoms with Crippen molar-refractivity contribution in [2.24, 2.45) is 5.41 Å². The summed E-state index contributed by atoms with van der Waals surface area (Å²) in [7, 11) is 2.17. The molecule has 1 N–H and O–H groups in total. The van der Waals surface area contributed by atoms with Crippen LogP contribution in [0, 0.1) is 5.41 Å². The maximum absolute atomic E-state index is 13.9. The lowest BCUT2D eigenvalue weighted by molar-refractivity contribution is -0.137. The smallest absolute Gasteiger partial charge is 0.322 e. The molecule has 250 valence electrons. The van der Waals surface area contributed by atoms with E-state index in [1.807, 2.05) is 32.9 Å². The third-order valence-electron chi connectivity index (χ3n) is 10.0. The van der Waals surface area contributed by atoms with Crippen LogP contribution in [0.2, 0.25) is 0 Å². The topological polar surface area (TPSA) is 79.4 Å². The van der Waals surface area contributed by atoms with Gasteiger partial charge in [-0.25, -0.2) is 4.79 Å². The third kappa shape index (κ3) is 7.49. The number of piperidine rings is 1. The van der Waals surface area contributed by atoms with Crippen LogP contribution in [0.5, 0.6) is 0 Å². The minimum absolute atomic E-state index is 0. The van der Waals surface area contributed by atoms with Crippen LogP contribution in [0.3, 0.4) is 0 Å². The number of urea groups is 1. The van der Waals surface area contributed by atoms with Crippen LogP contribution < -0.4 is 10.2 Å². The van der Waals surface area contributed by atoms with Gasteiger partial charge in [0.05, 0.1) is 5.25 Å². The second kappa shape index (κ2) is 13.9. The molecule has 4 heterocycles. The first-order valence-electron chi connectivity index (χ1n) is 17.0. The minimum Gasteiger partial charge on any atom is -0.369 e. The summed E-state index contributed by atoms with van der Waals surface area (Å²) in [6, 6.07) is 16.7. The highest BCUT2D eigenvalue weighted by Gasteiger charge is 2.43. The molecule has 0 aliphatic carbocycles. The van der Waals surface area contributed by atoms with Gasteiger partial charge in [0, 0.05) is 77.6 Å². The first-order valence-corrected chi connectivity index (χ1v) is 17.9. The van der Waals surface area contributed by atoms with Gasteiger partial charge in [-0.15, -0.1) is 11.8 Å². The van der Waals surface area contributed by atoms with E-state index in [0.29, 0.717) is 26.2 Å². The van der Waals surface area contributed by atoms with Crippen LogP contribution in [0.4, 0.5) is 16.2 Å². The van der Waals surface area contributed by atoms with Gasteiger partial charge in [-0.3, -0.25) is 9.59 Å². The molecule has 2 aromatic carbocycles. The molecule has 4 aliphatic rings. The number of likely N-dealkylation sites (tertiary alicyclic amines) is 1. The van der Waals surface area contributed by atoms with E-state index in [1.54, 1.807) is 11.8 Å². The van der Waals surface area contributed by atoms with Crippen molar-refractivity contribution in [3.8, 4) is 0 Å². The van der Waals surface area contributed by atoms with Crippen molar-refractivity contribution < 1.29 is 15.8 Å². The van der Waals surface area contributed by atoms with Crippen molar-refractivity contribution in [3.05, 3.63) is 59.7 Å². The zero-order chi connectivity index (χ0) is 32.4. The van der Waals surface area contributed by atoms with Crippen molar-refractivity contribution in [2.75, 3.05) is 69.6 Å². The number of amides is 4. The number of benzene rings is 2. The molecule has 3 saturated heterocycles. The normalized spacial score (nSPS) is 23.4. The van der Waals surface area contributed by atoms with Gasteiger partial charge >= 0.3 is 6.03 Å². The Kier molecular flexibility index (Phi) is 9.85. The van der Waals surface area contributed by atoms with Crippen molar-refractivity contribution in [1.29, 1.82) is 0 Å². The van der Waals surface area contributed by atoms with E-state index in [1.165, 1.54) is 5.69 Å². The summed E-state index contributed by atoms with van der Waals surface area (Å²) in [5.74, 6) is 0.118. The predicted octanol–water partition coefficient (Wildman–Crippen LogP) is 5.53. The summed E-state index contributed by atoms with van der Waals surface area (Å²) < 4.78 is 0. The number of nitrogens with zero attached hydrogens (tertiary/aromatic N) is 5. The van der Waals surface area contributed by atoms with Crippen LogP contribution in [0.25, 0.3) is 0 Å². The number of thioether (sulfide) groups is 1. The van der Waals surface area contributed by atoms with Crippen LogP contribution in [-0.2, 0) is 16.0 Å². The van der Waals surface area contributed by atoms with Crippen molar-refractivity contribution >= 4 is 41.0 Å². The molecule has 0 radical (unpaired) electrons. The van der Waals surface area contributed by atoms with E-state index in [0.717, 1.165) is 68.7 Å².